The molecule has 0 aromatic heterocycles. The molecule has 4 aliphatic heterocycles. The van der Waals surface area contributed by atoms with Crippen LogP contribution in [0, 0.1) is 5.92 Å². The molecule has 0 spiro atoms. The highest BCUT2D eigenvalue weighted by atomic mass is 16.6. The molecule has 0 N–H and O–H groups in total. The summed E-state index contributed by atoms with van der Waals surface area (Å²) >= 11 is 0. The fraction of sp³-hybridized carbons (Fsp3) is 0.938. The van der Waals surface area contributed by atoms with Crippen LogP contribution < -0.4 is 0 Å². The third-order valence-corrected chi connectivity index (χ3v) is 8.62. The summed E-state index contributed by atoms with van der Waals surface area (Å²) in [7, 11) is 0. The van der Waals surface area contributed by atoms with Crippen LogP contribution in [0.4, 0.5) is 0 Å². The molecule has 230 valence electrons. The van der Waals surface area contributed by atoms with Gasteiger partial charge in [0.25, 0.3) is 0 Å². The first kappa shape index (κ1) is 31.7. The molecule has 0 radical (unpaired) electrons. The highest BCUT2D eigenvalue weighted by Crippen LogP contribution is 2.25. The lowest BCUT2D eigenvalue weighted by atomic mass is 9.96. The van der Waals surface area contributed by atoms with Crippen LogP contribution in [0.2, 0.25) is 0 Å². The van der Waals surface area contributed by atoms with Crippen LogP contribution >= 0.6 is 0 Å². The molecular formula is C32H56N2O6. The average molecular weight is 565 g/mol. The maximum atomic E-state index is 13.8. The zero-order valence-electron chi connectivity index (χ0n) is 25.2. The summed E-state index contributed by atoms with van der Waals surface area (Å²) in [6.45, 7) is 7.26. The Labute approximate surface area is 242 Å². The van der Waals surface area contributed by atoms with Gasteiger partial charge in [0.1, 0.15) is 5.92 Å². The first-order valence-electron chi connectivity index (χ1n) is 16.7. The summed E-state index contributed by atoms with van der Waals surface area (Å²) in [4.78, 5) is 31.3. The van der Waals surface area contributed by atoms with Crippen LogP contribution in [0.1, 0.15) is 110 Å². The van der Waals surface area contributed by atoms with E-state index in [2.05, 4.69) is 6.92 Å². The lowest BCUT2D eigenvalue weighted by Crippen LogP contribution is -2.49. The lowest BCUT2D eigenvalue weighted by molar-refractivity contribution is -0.148. The van der Waals surface area contributed by atoms with Crippen molar-refractivity contribution >= 4 is 11.8 Å². The van der Waals surface area contributed by atoms with Crippen molar-refractivity contribution in [1.29, 1.82) is 0 Å². The smallest absolute Gasteiger partial charge is 0.235 e. The third kappa shape index (κ3) is 13.2. The van der Waals surface area contributed by atoms with E-state index in [1.54, 1.807) is 0 Å². The van der Waals surface area contributed by atoms with Crippen molar-refractivity contribution in [2.75, 3.05) is 52.6 Å². The van der Waals surface area contributed by atoms with E-state index in [1.807, 2.05) is 9.80 Å². The SMILES string of the molecule is CCCCCCCCCCCCCCCCCC(C(=O)N(CC1CO1)CC1CO1)C(=O)N(CC1CO1)CC1CO1. The minimum absolute atomic E-state index is 0.0557. The monoisotopic (exact) mass is 564 g/mol. The topological polar surface area (TPSA) is 90.7 Å². The molecule has 40 heavy (non-hydrogen) atoms. The molecule has 0 saturated carbocycles. The van der Waals surface area contributed by atoms with E-state index in [9.17, 15) is 9.59 Å². The molecule has 4 atom stereocenters. The zero-order chi connectivity index (χ0) is 28.0. The molecule has 4 aliphatic rings. The summed E-state index contributed by atoms with van der Waals surface area (Å²) in [5, 5.41) is 0. The van der Waals surface area contributed by atoms with Gasteiger partial charge in [0.05, 0.1) is 50.8 Å². The predicted molar refractivity (Wildman–Crippen MR) is 155 cm³/mol. The van der Waals surface area contributed by atoms with E-state index >= 15 is 0 Å². The van der Waals surface area contributed by atoms with Crippen molar-refractivity contribution in [2.24, 2.45) is 5.92 Å². The second-order valence-electron chi connectivity index (χ2n) is 12.6. The van der Waals surface area contributed by atoms with Crippen LogP contribution in [0.3, 0.4) is 0 Å². The number of amides is 2. The molecule has 0 aromatic carbocycles. The Morgan fingerprint density at radius 3 is 1.07 bits per heavy atom. The standard InChI is InChI=1S/C32H56N2O6/c1-2-3-4-5-6-7-8-9-10-11-12-13-14-15-16-17-30(31(35)33(18-26-22-37-26)19-27-23-38-27)32(36)34(20-28-24-39-28)21-29-25-40-29/h26-30H,2-25H2,1H3. The van der Waals surface area contributed by atoms with Crippen molar-refractivity contribution in [3.8, 4) is 0 Å². The molecular weight excluding hydrogens is 508 g/mol. The molecule has 0 aliphatic carbocycles. The van der Waals surface area contributed by atoms with E-state index in [1.165, 1.54) is 83.5 Å². The number of unbranched alkanes of at least 4 members (excludes halogenated alkanes) is 14. The largest absolute Gasteiger partial charge is 0.371 e. The van der Waals surface area contributed by atoms with Gasteiger partial charge in [0.2, 0.25) is 11.8 Å². The Hall–Kier alpha value is -1.22. The van der Waals surface area contributed by atoms with Gasteiger partial charge in [-0.1, -0.05) is 103 Å². The molecule has 4 fully saturated rings. The van der Waals surface area contributed by atoms with E-state index in [0.29, 0.717) is 59.0 Å². The number of rotatable bonds is 26. The van der Waals surface area contributed by atoms with Gasteiger partial charge >= 0.3 is 0 Å². The molecule has 8 nitrogen and oxygen atoms in total. The quantitative estimate of drug-likeness (QED) is 0.0823. The number of ether oxygens (including phenoxy) is 4. The Morgan fingerprint density at radius 2 is 0.800 bits per heavy atom. The molecule has 4 heterocycles. The van der Waals surface area contributed by atoms with E-state index in [4.69, 9.17) is 18.9 Å². The van der Waals surface area contributed by atoms with Crippen molar-refractivity contribution in [3.63, 3.8) is 0 Å². The first-order chi connectivity index (χ1) is 19.6. The number of carbonyl (C=O) groups excluding carboxylic acids is 2. The number of epoxide rings is 4. The second kappa shape index (κ2) is 17.7. The number of hydrogen-bond acceptors (Lipinski definition) is 6. The number of hydrogen-bond donors (Lipinski definition) is 0. The van der Waals surface area contributed by atoms with Gasteiger partial charge in [-0.15, -0.1) is 0 Å². The van der Waals surface area contributed by atoms with E-state index in [-0.39, 0.29) is 36.2 Å². The molecule has 8 heteroatoms. The summed E-state index contributed by atoms with van der Waals surface area (Å²) in [6.07, 6.45) is 20.5. The average Bonchev–Trinajstić information content (AvgIpc) is 3.76. The van der Waals surface area contributed by atoms with Crippen LogP contribution in [0.15, 0.2) is 0 Å². The summed E-state index contributed by atoms with van der Waals surface area (Å²) < 4.78 is 21.7. The maximum absolute atomic E-state index is 13.8. The Bertz CT molecular complexity index is 663. The fourth-order valence-corrected chi connectivity index (χ4v) is 5.70. The van der Waals surface area contributed by atoms with Crippen LogP contribution in [-0.2, 0) is 28.5 Å². The Morgan fingerprint density at radius 1 is 0.525 bits per heavy atom. The first-order valence-corrected chi connectivity index (χ1v) is 16.7. The highest BCUT2D eigenvalue weighted by Gasteiger charge is 2.41. The summed E-state index contributed by atoms with van der Waals surface area (Å²) in [5.74, 6) is -0.753. The van der Waals surface area contributed by atoms with Crippen molar-refractivity contribution < 1.29 is 28.5 Å². The van der Waals surface area contributed by atoms with Gasteiger partial charge in [-0.05, 0) is 6.42 Å². The van der Waals surface area contributed by atoms with Crippen molar-refractivity contribution in [2.45, 2.75) is 134 Å². The van der Waals surface area contributed by atoms with Gasteiger partial charge in [-0.25, -0.2) is 0 Å². The molecule has 0 aromatic rings. The second-order valence-corrected chi connectivity index (χ2v) is 12.6. The van der Waals surface area contributed by atoms with Gasteiger partial charge in [0.15, 0.2) is 0 Å². The lowest BCUT2D eigenvalue weighted by Gasteiger charge is -2.30. The Kier molecular flexibility index (Phi) is 14.0. The zero-order valence-corrected chi connectivity index (χ0v) is 25.2. The third-order valence-electron chi connectivity index (χ3n) is 8.62. The minimum atomic E-state index is -0.642. The molecule has 2 amide bonds. The van der Waals surface area contributed by atoms with E-state index < -0.39 is 5.92 Å². The van der Waals surface area contributed by atoms with Crippen LogP contribution in [-0.4, -0.2) is 98.6 Å². The van der Waals surface area contributed by atoms with Gasteiger partial charge in [0, 0.05) is 26.2 Å². The van der Waals surface area contributed by atoms with E-state index in [0.717, 1.165) is 12.8 Å². The molecule has 4 unspecified atom stereocenters. The number of nitrogens with zero attached hydrogens (tertiary/aromatic N) is 2. The highest BCUT2D eigenvalue weighted by molar-refractivity contribution is 6.00. The molecule has 4 rings (SSSR count). The maximum Gasteiger partial charge on any atom is 0.235 e. The van der Waals surface area contributed by atoms with Crippen molar-refractivity contribution in [3.05, 3.63) is 0 Å². The van der Waals surface area contributed by atoms with Gasteiger partial charge < -0.3 is 28.7 Å². The predicted octanol–water partition coefficient (Wildman–Crippen LogP) is 5.12. The fourth-order valence-electron chi connectivity index (χ4n) is 5.70. The van der Waals surface area contributed by atoms with Crippen molar-refractivity contribution in [1.82, 2.24) is 9.80 Å². The molecule has 0 bridgehead atoms. The Balaban J connectivity index is 1.15. The van der Waals surface area contributed by atoms with Crippen LogP contribution in [0.5, 0.6) is 0 Å². The normalized spacial score (nSPS) is 24.9. The number of carbonyl (C=O) groups is 2. The van der Waals surface area contributed by atoms with Crippen LogP contribution in [0.25, 0.3) is 0 Å². The van der Waals surface area contributed by atoms with Gasteiger partial charge in [-0.3, -0.25) is 9.59 Å². The minimum Gasteiger partial charge on any atom is -0.371 e. The molecule has 4 saturated heterocycles. The summed E-state index contributed by atoms with van der Waals surface area (Å²) in [5.41, 5.74) is 0. The summed E-state index contributed by atoms with van der Waals surface area (Å²) in [6, 6.07) is 0. The van der Waals surface area contributed by atoms with Gasteiger partial charge in [-0.2, -0.15) is 0 Å².